The molecule has 0 aliphatic carbocycles. The summed E-state index contributed by atoms with van der Waals surface area (Å²) in [4.78, 5) is 86.5. The van der Waals surface area contributed by atoms with Gasteiger partial charge in [0.2, 0.25) is 11.5 Å². The topological polar surface area (TPSA) is 407 Å². The number of nitrogens with one attached hydrogen (secondary N) is 2. The van der Waals surface area contributed by atoms with Crippen molar-refractivity contribution in [1.82, 2.24) is 39.0 Å². The average Bonchev–Trinajstić information content (AvgIpc) is 3.86. The number of likely N-dealkylation sites (tertiary alicyclic amines) is 1. The Morgan fingerprint density at radius 2 is 1.60 bits per heavy atom. The van der Waals surface area contributed by atoms with E-state index in [9.17, 15) is 53.0 Å². The molecule has 312 valence electrons. The fourth-order valence-corrected chi connectivity index (χ4v) is 10.7. The van der Waals surface area contributed by atoms with Crippen LogP contribution < -0.4 is 27.2 Å². The summed E-state index contributed by atoms with van der Waals surface area (Å²) in [6, 6.07) is -0.838. The quantitative estimate of drug-likeness (QED) is 0.0429. The third-order valence-electron chi connectivity index (χ3n) is 9.42. The predicted octanol–water partition coefficient (Wildman–Crippen LogP) is -4.17. The molecule has 0 spiro atoms. The number of hydrogen-bond acceptors (Lipinski definition) is 20. The molecule has 3 aliphatic rings. The Hall–Kier alpha value is -4.02. The molecular weight excluding hydrogens is 835 g/mol. The first kappa shape index (κ1) is 41.2. The van der Waals surface area contributed by atoms with Gasteiger partial charge >= 0.3 is 29.1 Å². The normalized spacial score (nSPS) is 30.6. The monoisotopic (exact) mass is 870 g/mol. The van der Waals surface area contributed by atoms with E-state index < -0.39 is 102 Å². The number of anilines is 2. The molecule has 7 rings (SSSR count). The number of carbonyl (C=O) groups excluding carboxylic acids is 1. The number of nitrogen functional groups attached to an aromatic ring is 2. The van der Waals surface area contributed by atoms with Gasteiger partial charge < -0.3 is 55.5 Å². The van der Waals surface area contributed by atoms with E-state index in [2.05, 4.69) is 38.1 Å². The fraction of sp³-hybridized carbons (Fsp3) is 0.560. The number of aromatic nitrogens is 8. The molecule has 32 heteroatoms. The number of imidazole rings is 2. The molecule has 1 amide bonds. The van der Waals surface area contributed by atoms with Gasteiger partial charge in [0.15, 0.2) is 29.3 Å². The molecule has 57 heavy (non-hydrogen) atoms. The highest BCUT2D eigenvalue weighted by molar-refractivity contribution is 7.66. The first-order chi connectivity index (χ1) is 26.6. The molecule has 0 saturated carbocycles. The van der Waals surface area contributed by atoms with Crippen LogP contribution >= 0.6 is 23.5 Å². The van der Waals surface area contributed by atoms with Gasteiger partial charge in [0, 0.05) is 14.2 Å². The number of aliphatic hydroxyl groups excluding tert-OH is 2. The van der Waals surface area contributed by atoms with E-state index in [0.717, 1.165) is 10.9 Å². The number of rotatable bonds is 14. The van der Waals surface area contributed by atoms with Gasteiger partial charge in [-0.1, -0.05) is 4.98 Å². The number of aryl methyl sites for hydroxylation is 1. The summed E-state index contributed by atoms with van der Waals surface area (Å²) in [5.74, 6) is -1.24. The summed E-state index contributed by atoms with van der Waals surface area (Å²) in [6.45, 7) is -2.25. The van der Waals surface area contributed by atoms with Crippen LogP contribution in [0.25, 0.3) is 22.3 Å². The van der Waals surface area contributed by atoms with E-state index in [1.165, 1.54) is 34.5 Å². The van der Waals surface area contributed by atoms with Gasteiger partial charge in [-0.2, -0.15) is 13.6 Å². The Bertz CT molecular complexity index is 2530. The number of nitrogens with two attached hydrogens (primary N) is 2. The molecule has 7 heterocycles. The second-order valence-electron chi connectivity index (χ2n) is 13.1. The maximum Gasteiger partial charge on any atom is 0.490 e. The first-order valence-corrected chi connectivity index (χ1v) is 20.7. The number of phosphoric ester groups is 2. The van der Waals surface area contributed by atoms with E-state index in [0.29, 0.717) is 0 Å². The molecule has 3 saturated heterocycles. The van der Waals surface area contributed by atoms with Crippen LogP contribution in [-0.4, -0.2) is 139 Å². The largest absolute Gasteiger partial charge is 0.490 e. The van der Waals surface area contributed by atoms with Gasteiger partial charge in [0.05, 0.1) is 39.2 Å². The van der Waals surface area contributed by atoms with Crippen molar-refractivity contribution in [3.05, 3.63) is 33.4 Å². The lowest BCUT2D eigenvalue weighted by molar-refractivity contribution is -0.682. The second kappa shape index (κ2) is 14.4. The lowest BCUT2D eigenvalue weighted by atomic mass is 9.99. The summed E-state index contributed by atoms with van der Waals surface area (Å²) in [7, 11) is -13.3. The number of methoxy groups -OCH3 is 1. The van der Waals surface area contributed by atoms with Gasteiger partial charge in [-0.3, -0.25) is 42.5 Å². The van der Waals surface area contributed by atoms with E-state index in [4.69, 9.17) is 30.2 Å². The third kappa shape index (κ3) is 7.34. The van der Waals surface area contributed by atoms with E-state index in [1.54, 1.807) is 7.05 Å². The number of morpholine rings is 1. The van der Waals surface area contributed by atoms with Crippen molar-refractivity contribution in [3.8, 4) is 0 Å². The summed E-state index contributed by atoms with van der Waals surface area (Å²) in [6.07, 6.45) is -6.21. The average molecular weight is 871 g/mol. The summed E-state index contributed by atoms with van der Waals surface area (Å²) in [5.41, 5.74) is 7.93. The zero-order chi connectivity index (χ0) is 41.6. The number of fused-ring (bicyclic) bond motifs is 4. The first-order valence-electron chi connectivity index (χ1n) is 16.2. The van der Waals surface area contributed by atoms with Crippen LogP contribution in [-0.2, 0) is 64.0 Å². The fourth-order valence-electron chi connectivity index (χ4n) is 7.12. The molecule has 0 radical (unpaired) electrons. The van der Waals surface area contributed by atoms with E-state index >= 15 is 0 Å². The molecule has 29 nitrogen and oxygen atoms in total. The molecular formula is C25H35N11O18P3+. The highest BCUT2D eigenvalue weighted by Gasteiger charge is 2.70. The van der Waals surface area contributed by atoms with Crippen LogP contribution in [0.5, 0.6) is 0 Å². The van der Waals surface area contributed by atoms with Crippen LogP contribution in [0.3, 0.4) is 0 Å². The lowest BCUT2D eigenvalue weighted by Gasteiger charge is -2.33. The van der Waals surface area contributed by atoms with E-state index in [1.807, 2.05) is 0 Å². The van der Waals surface area contributed by atoms with Gasteiger partial charge in [0.1, 0.15) is 30.5 Å². The molecule has 11 N–H and O–H groups in total. The Morgan fingerprint density at radius 1 is 0.947 bits per heavy atom. The number of nitrogens with zero attached hydrogens (tertiary/aromatic N) is 7. The molecule has 5 unspecified atom stereocenters. The van der Waals surface area contributed by atoms with Crippen molar-refractivity contribution in [2.24, 2.45) is 7.05 Å². The molecule has 3 fully saturated rings. The highest BCUT2D eigenvalue weighted by Crippen LogP contribution is 2.68. The third-order valence-corrected chi connectivity index (χ3v) is 13.7. The van der Waals surface area contributed by atoms with Crippen LogP contribution in [0.15, 0.2) is 22.2 Å². The second-order valence-corrected chi connectivity index (χ2v) is 17.7. The van der Waals surface area contributed by atoms with Crippen molar-refractivity contribution in [2.45, 2.75) is 54.9 Å². The number of H-pyrrole nitrogens is 2. The number of phosphoric acid groups is 3. The summed E-state index contributed by atoms with van der Waals surface area (Å²) >= 11 is 0. The van der Waals surface area contributed by atoms with Crippen molar-refractivity contribution < 1.29 is 79.8 Å². The zero-order valence-electron chi connectivity index (χ0n) is 29.5. The number of aliphatic hydroxyl groups is 2. The minimum atomic E-state index is -6.04. The number of ether oxygens (including phenoxy) is 3. The molecule has 3 aliphatic heterocycles. The Morgan fingerprint density at radius 3 is 2.28 bits per heavy atom. The van der Waals surface area contributed by atoms with Crippen LogP contribution in [0.1, 0.15) is 6.23 Å². The number of aromatic amines is 2. The smallest absolute Gasteiger partial charge is 0.387 e. The van der Waals surface area contributed by atoms with Gasteiger partial charge in [-0.15, -0.1) is 0 Å². The highest BCUT2D eigenvalue weighted by atomic mass is 31.3. The minimum Gasteiger partial charge on any atom is -0.387 e. The number of likely N-dealkylation sites (N-methyl/N-ethyl adjacent to an activating group) is 1. The number of carbonyl (C=O) groups is 1. The Kier molecular flexibility index (Phi) is 10.4. The maximum absolute atomic E-state index is 13.4. The minimum absolute atomic E-state index is 0.0493. The standard InChI is InChI=1S/C25H34N11O18P3/c1-33-8-35(18-13(33)20(40)32-24(27)30-18)4-9-12-16(48-3)25(52-9,22(41)34(12)2)6-50-56(44,45)54-57(46,47)53-55(42,43)49-5-10-14(37)15(38)21(51-10)36-7-28-11-17(36)29-23(26)31-19(11)39/h7-10,12,14-16,21,37-38H,4-6H2,1-3H3,(H8-,26,27,29,30,31,32,39,40,42,43,44,45,46,47)/p+1/t9-,10+,12?,14?,15-,16+,21+,25+/m0/s1. The molecule has 4 aromatic heterocycles. The summed E-state index contributed by atoms with van der Waals surface area (Å²) in [5, 5.41) is 21.1. The van der Waals surface area contributed by atoms with Gasteiger partial charge in [-0.05, 0) is 0 Å². The Balaban J connectivity index is 0.990. The van der Waals surface area contributed by atoms with E-state index in [-0.39, 0.29) is 40.8 Å². The molecule has 0 aromatic carbocycles. The Labute approximate surface area is 316 Å². The molecule has 4 aromatic rings. The van der Waals surface area contributed by atoms with Gasteiger partial charge in [0.25, 0.3) is 23.0 Å². The SMILES string of the molecule is CO[C@@H]1C2[C@H](C[n+]3cn(C)c4c(=O)[nH]c(N)nc43)O[C@@]1(COP(=O)(O)OP(=O)(O)OP(=O)(O)OC[C@H]1O[C@@H](n3cnc4c(=O)[nH]c(N)nc43)[C@@H](O)C1O)C(=O)N2C. The van der Waals surface area contributed by atoms with Crippen molar-refractivity contribution in [1.29, 1.82) is 0 Å². The van der Waals surface area contributed by atoms with Crippen LogP contribution in [0, 0.1) is 0 Å². The van der Waals surface area contributed by atoms with Crippen molar-refractivity contribution in [3.63, 3.8) is 0 Å². The number of amides is 1. The molecule has 2 bridgehead atoms. The zero-order valence-corrected chi connectivity index (χ0v) is 32.2. The van der Waals surface area contributed by atoms with Gasteiger partial charge in [-0.25, -0.2) is 23.2 Å². The predicted molar refractivity (Wildman–Crippen MR) is 183 cm³/mol. The van der Waals surface area contributed by atoms with Crippen LogP contribution in [0.4, 0.5) is 11.9 Å². The molecule has 11 atom stereocenters. The van der Waals surface area contributed by atoms with Crippen molar-refractivity contribution >= 4 is 63.6 Å². The van der Waals surface area contributed by atoms with Crippen molar-refractivity contribution in [2.75, 3.05) is 38.8 Å². The maximum atomic E-state index is 13.4. The van der Waals surface area contributed by atoms with Crippen LogP contribution in [0.2, 0.25) is 0 Å². The number of hydrogen-bond donors (Lipinski definition) is 9. The lowest BCUT2D eigenvalue weighted by Crippen LogP contribution is -2.56. The summed E-state index contributed by atoms with van der Waals surface area (Å²) < 4.78 is 77.3.